The molecule has 0 spiro atoms. The number of piperidine rings is 1. The summed E-state index contributed by atoms with van der Waals surface area (Å²) in [5, 5.41) is 11.6. The molecule has 1 aliphatic rings. The average Bonchev–Trinajstić information content (AvgIpc) is 2.63. The molecule has 0 unspecified atom stereocenters. The third kappa shape index (κ3) is 4.00. The molecule has 1 aromatic carbocycles. The van der Waals surface area contributed by atoms with Gasteiger partial charge in [0, 0.05) is 25.4 Å². The van der Waals surface area contributed by atoms with Crippen molar-refractivity contribution in [3.05, 3.63) is 52.7 Å². The van der Waals surface area contributed by atoms with Crippen LogP contribution in [0.3, 0.4) is 0 Å². The Morgan fingerprint density at radius 1 is 1.08 bits per heavy atom. The zero-order chi connectivity index (χ0) is 17.9. The number of nitro benzene ring substituents is 1. The first-order chi connectivity index (χ1) is 12.0. The number of hydrogen-bond donors (Lipinski definition) is 0. The van der Waals surface area contributed by atoms with Crippen LogP contribution in [-0.4, -0.2) is 35.7 Å². The SMILES string of the molecule is O=[N+]([O-])c1ccccc1Sc1ccc(S(=O)(=O)N2CCCCC2)cn1. The minimum atomic E-state index is -3.52. The van der Waals surface area contributed by atoms with Crippen LogP contribution in [0.25, 0.3) is 0 Å². The van der Waals surface area contributed by atoms with Crippen molar-refractivity contribution in [2.24, 2.45) is 0 Å². The molecule has 0 aliphatic carbocycles. The molecule has 1 fully saturated rings. The van der Waals surface area contributed by atoms with Crippen LogP contribution in [0.1, 0.15) is 19.3 Å². The fourth-order valence-corrected chi connectivity index (χ4v) is 4.96. The molecule has 0 saturated carbocycles. The fraction of sp³-hybridized carbons (Fsp3) is 0.312. The van der Waals surface area contributed by atoms with Crippen molar-refractivity contribution in [1.82, 2.24) is 9.29 Å². The van der Waals surface area contributed by atoms with E-state index in [4.69, 9.17) is 0 Å². The Morgan fingerprint density at radius 2 is 1.80 bits per heavy atom. The third-order valence-electron chi connectivity index (χ3n) is 3.94. The van der Waals surface area contributed by atoms with Crippen LogP contribution in [-0.2, 0) is 10.0 Å². The molecule has 2 aromatic rings. The predicted molar refractivity (Wildman–Crippen MR) is 94.1 cm³/mol. The fourth-order valence-electron chi connectivity index (χ4n) is 2.64. The largest absolute Gasteiger partial charge is 0.283 e. The topological polar surface area (TPSA) is 93.4 Å². The Labute approximate surface area is 150 Å². The van der Waals surface area contributed by atoms with Gasteiger partial charge < -0.3 is 0 Å². The Bertz CT molecular complexity index is 863. The van der Waals surface area contributed by atoms with Crippen molar-refractivity contribution < 1.29 is 13.3 Å². The van der Waals surface area contributed by atoms with E-state index in [9.17, 15) is 18.5 Å². The molecule has 2 heterocycles. The van der Waals surface area contributed by atoms with Gasteiger partial charge in [-0.05, 0) is 31.0 Å². The maximum absolute atomic E-state index is 12.6. The number of aromatic nitrogens is 1. The normalized spacial score (nSPS) is 15.8. The zero-order valence-electron chi connectivity index (χ0n) is 13.4. The Balaban J connectivity index is 1.80. The smallest absolute Gasteiger partial charge is 0.258 e. The van der Waals surface area contributed by atoms with Crippen LogP contribution in [0.2, 0.25) is 0 Å². The summed E-state index contributed by atoms with van der Waals surface area (Å²) in [6.45, 7) is 1.07. The Morgan fingerprint density at radius 3 is 2.44 bits per heavy atom. The number of benzene rings is 1. The quantitative estimate of drug-likeness (QED) is 0.584. The monoisotopic (exact) mass is 379 g/mol. The van der Waals surface area contributed by atoms with Crippen molar-refractivity contribution in [3.8, 4) is 0 Å². The van der Waals surface area contributed by atoms with E-state index >= 15 is 0 Å². The number of pyridine rings is 1. The molecule has 1 aromatic heterocycles. The lowest BCUT2D eigenvalue weighted by molar-refractivity contribution is -0.387. The molecule has 0 N–H and O–H groups in total. The first-order valence-electron chi connectivity index (χ1n) is 7.86. The molecule has 9 heteroatoms. The summed E-state index contributed by atoms with van der Waals surface area (Å²) < 4.78 is 26.7. The maximum Gasteiger partial charge on any atom is 0.283 e. The van der Waals surface area contributed by atoms with Crippen molar-refractivity contribution in [2.75, 3.05) is 13.1 Å². The van der Waals surface area contributed by atoms with Gasteiger partial charge in [-0.3, -0.25) is 10.1 Å². The van der Waals surface area contributed by atoms with E-state index in [1.807, 2.05) is 0 Å². The summed E-state index contributed by atoms with van der Waals surface area (Å²) in [5.41, 5.74) is -0.000634. The lowest BCUT2D eigenvalue weighted by Crippen LogP contribution is -2.35. The standard InChI is InChI=1S/C16H17N3O4S2/c20-19(21)14-6-2-3-7-15(14)24-16-9-8-13(12-17-16)25(22,23)18-10-4-1-5-11-18/h2-3,6-9,12H,1,4-5,10-11H2. The van der Waals surface area contributed by atoms with Crippen LogP contribution in [0, 0.1) is 10.1 Å². The first-order valence-corrected chi connectivity index (χ1v) is 10.1. The minimum Gasteiger partial charge on any atom is -0.258 e. The highest BCUT2D eigenvalue weighted by Gasteiger charge is 2.26. The van der Waals surface area contributed by atoms with Crippen molar-refractivity contribution >= 4 is 27.5 Å². The Kier molecular flexibility index (Phi) is 5.36. The molecular formula is C16H17N3O4S2. The number of nitrogens with zero attached hydrogens (tertiary/aromatic N) is 3. The summed E-state index contributed by atoms with van der Waals surface area (Å²) in [7, 11) is -3.52. The molecule has 7 nitrogen and oxygen atoms in total. The highest BCUT2D eigenvalue weighted by Crippen LogP contribution is 2.33. The molecule has 0 bridgehead atoms. The summed E-state index contributed by atoms with van der Waals surface area (Å²) in [4.78, 5) is 15.4. The molecule has 0 radical (unpaired) electrons. The van der Waals surface area contributed by atoms with Gasteiger partial charge in [0.15, 0.2) is 0 Å². The third-order valence-corrected chi connectivity index (χ3v) is 6.84. The second-order valence-corrected chi connectivity index (χ2v) is 8.62. The molecule has 0 amide bonds. The van der Waals surface area contributed by atoms with E-state index in [0.29, 0.717) is 23.0 Å². The Hall–Kier alpha value is -1.97. The average molecular weight is 379 g/mol. The number of sulfonamides is 1. The second-order valence-electron chi connectivity index (χ2n) is 5.62. The van der Waals surface area contributed by atoms with Gasteiger partial charge in [0.1, 0.15) is 9.92 Å². The molecule has 3 rings (SSSR count). The molecule has 132 valence electrons. The van der Waals surface area contributed by atoms with E-state index in [2.05, 4.69) is 4.98 Å². The van der Waals surface area contributed by atoms with Crippen LogP contribution in [0.15, 0.2) is 57.4 Å². The molecule has 1 aliphatic heterocycles. The van der Waals surface area contributed by atoms with Crippen LogP contribution in [0.4, 0.5) is 5.69 Å². The van der Waals surface area contributed by atoms with Gasteiger partial charge in [-0.25, -0.2) is 13.4 Å². The van der Waals surface area contributed by atoms with Gasteiger partial charge in [0.2, 0.25) is 10.0 Å². The van der Waals surface area contributed by atoms with E-state index < -0.39 is 14.9 Å². The van der Waals surface area contributed by atoms with Gasteiger partial charge in [-0.1, -0.05) is 30.3 Å². The lowest BCUT2D eigenvalue weighted by Gasteiger charge is -2.25. The van der Waals surface area contributed by atoms with Crippen molar-refractivity contribution in [2.45, 2.75) is 34.1 Å². The number of nitro groups is 1. The van der Waals surface area contributed by atoms with E-state index in [-0.39, 0.29) is 10.6 Å². The summed E-state index contributed by atoms with van der Waals surface area (Å²) in [6.07, 6.45) is 4.12. The highest BCUT2D eigenvalue weighted by molar-refractivity contribution is 7.99. The second kappa shape index (κ2) is 7.51. The first kappa shape index (κ1) is 17.8. The van der Waals surface area contributed by atoms with Gasteiger partial charge in [-0.15, -0.1) is 0 Å². The minimum absolute atomic E-state index is 0.000634. The maximum atomic E-state index is 12.6. The molecule has 1 saturated heterocycles. The van der Waals surface area contributed by atoms with Gasteiger partial charge in [-0.2, -0.15) is 4.31 Å². The molecule has 25 heavy (non-hydrogen) atoms. The summed E-state index contributed by atoms with van der Waals surface area (Å²) >= 11 is 1.14. The summed E-state index contributed by atoms with van der Waals surface area (Å²) in [6, 6.07) is 9.47. The predicted octanol–water partition coefficient (Wildman–Crippen LogP) is 3.32. The van der Waals surface area contributed by atoms with Crippen LogP contribution >= 0.6 is 11.8 Å². The van der Waals surface area contributed by atoms with Crippen LogP contribution in [0.5, 0.6) is 0 Å². The zero-order valence-corrected chi connectivity index (χ0v) is 15.0. The van der Waals surface area contributed by atoms with E-state index in [0.717, 1.165) is 31.0 Å². The highest BCUT2D eigenvalue weighted by atomic mass is 32.2. The van der Waals surface area contributed by atoms with Crippen molar-refractivity contribution in [1.29, 1.82) is 0 Å². The number of rotatable bonds is 5. The molecular weight excluding hydrogens is 362 g/mol. The van der Waals surface area contributed by atoms with Gasteiger partial charge in [0.25, 0.3) is 5.69 Å². The van der Waals surface area contributed by atoms with Crippen LogP contribution < -0.4 is 0 Å². The van der Waals surface area contributed by atoms with Gasteiger partial charge in [0.05, 0.1) is 9.82 Å². The van der Waals surface area contributed by atoms with E-state index in [1.165, 1.54) is 22.6 Å². The lowest BCUT2D eigenvalue weighted by atomic mass is 10.2. The van der Waals surface area contributed by atoms with E-state index in [1.54, 1.807) is 24.3 Å². The number of para-hydroxylation sites is 1. The number of hydrogen-bond acceptors (Lipinski definition) is 6. The van der Waals surface area contributed by atoms with Gasteiger partial charge >= 0.3 is 0 Å². The molecule has 0 atom stereocenters. The summed E-state index contributed by atoms with van der Waals surface area (Å²) in [5.74, 6) is 0. The van der Waals surface area contributed by atoms with Crippen molar-refractivity contribution in [3.63, 3.8) is 0 Å².